The summed E-state index contributed by atoms with van der Waals surface area (Å²) in [4.78, 5) is 23.3. The van der Waals surface area contributed by atoms with Gasteiger partial charge in [-0.3, -0.25) is 4.79 Å². The lowest BCUT2D eigenvalue weighted by Gasteiger charge is -2.10. The summed E-state index contributed by atoms with van der Waals surface area (Å²) < 4.78 is 42.0. The van der Waals surface area contributed by atoms with Gasteiger partial charge in [0.25, 0.3) is 0 Å². The Kier molecular flexibility index (Phi) is 5.63. The average molecular weight is 352 g/mol. The van der Waals surface area contributed by atoms with Gasteiger partial charge in [-0.05, 0) is 42.5 Å². The van der Waals surface area contributed by atoms with Crippen LogP contribution >= 0.6 is 0 Å². The van der Waals surface area contributed by atoms with Gasteiger partial charge in [0.1, 0.15) is 0 Å². The van der Waals surface area contributed by atoms with Crippen LogP contribution in [0.1, 0.15) is 15.9 Å². The Morgan fingerprint density at radius 3 is 2.32 bits per heavy atom. The Morgan fingerprint density at radius 1 is 1.04 bits per heavy atom. The van der Waals surface area contributed by atoms with Crippen LogP contribution in [0.5, 0.6) is 0 Å². The number of ether oxygens (including phenoxy) is 1. The Labute approximate surface area is 141 Å². The highest BCUT2D eigenvalue weighted by Gasteiger charge is 2.29. The predicted molar refractivity (Wildman–Crippen MR) is 86.3 cm³/mol. The third-order valence-electron chi connectivity index (χ3n) is 3.23. The van der Waals surface area contributed by atoms with Gasteiger partial charge in [0.05, 0.1) is 24.8 Å². The van der Waals surface area contributed by atoms with Gasteiger partial charge >= 0.3 is 12.1 Å². The second kappa shape index (κ2) is 7.69. The van der Waals surface area contributed by atoms with Crippen molar-refractivity contribution in [3.05, 3.63) is 59.7 Å². The third kappa shape index (κ3) is 5.23. The summed E-state index contributed by atoms with van der Waals surface area (Å²) in [5, 5.41) is 5.30. The van der Waals surface area contributed by atoms with Crippen molar-refractivity contribution in [2.45, 2.75) is 6.18 Å². The Morgan fingerprint density at radius 2 is 1.72 bits per heavy atom. The molecule has 0 unspecified atom stereocenters. The maximum absolute atomic E-state index is 12.5. The maximum Gasteiger partial charge on any atom is 0.416 e. The minimum absolute atomic E-state index is 0.145. The fourth-order valence-corrected chi connectivity index (χ4v) is 2.01. The largest absolute Gasteiger partial charge is 0.465 e. The summed E-state index contributed by atoms with van der Waals surface area (Å²) in [5.41, 5.74) is 0.312. The number of carbonyl (C=O) groups is 2. The first-order valence-corrected chi connectivity index (χ1v) is 7.19. The number of anilines is 2. The smallest absolute Gasteiger partial charge is 0.416 e. The van der Waals surface area contributed by atoms with Crippen LogP contribution in [0.15, 0.2) is 48.5 Å². The normalized spacial score (nSPS) is 10.9. The molecule has 2 aromatic carbocycles. The number of amides is 1. The summed E-state index contributed by atoms with van der Waals surface area (Å²) in [7, 11) is 1.25. The summed E-state index contributed by atoms with van der Waals surface area (Å²) in [6.45, 7) is -0.145. The van der Waals surface area contributed by atoms with E-state index in [9.17, 15) is 22.8 Å². The Bertz CT molecular complexity index is 758. The first-order chi connectivity index (χ1) is 11.8. The summed E-state index contributed by atoms with van der Waals surface area (Å²) in [6, 6.07) is 10.5. The van der Waals surface area contributed by atoms with Crippen LogP contribution in [-0.2, 0) is 15.7 Å². The average Bonchev–Trinajstić information content (AvgIpc) is 2.59. The number of hydrogen-bond acceptors (Lipinski definition) is 4. The number of halogens is 3. The van der Waals surface area contributed by atoms with Crippen molar-refractivity contribution in [2.24, 2.45) is 0 Å². The lowest BCUT2D eigenvalue weighted by Crippen LogP contribution is -2.22. The molecule has 5 nitrogen and oxygen atoms in total. The van der Waals surface area contributed by atoms with Crippen molar-refractivity contribution in [2.75, 3.05) is 24.3 Å². The van der Waals surface area contributed by atoms with E-state index in [-0.39, 0.29) is 12.1 Å². The Balaban J connectivity index is 1.92. The van der Waals surface area contributed by atoms with E-state index >= 15 is 0 Å². The molecule has 0 bridgehead atoms. The lowest BCUT2D eigenvalue weighted by atomic mass is 10.2. The molecule has 2 aromatic rings. The van der Waals surface area contributed by atoms with E-state index < -0.39 is 23.6 Å². The molecule has 0 aromatic heterocycles. The standard InChI is InChI=1S/C17H15F3N2O3/c1-25-16(24)11-3-2-4-14(9-11)22-15(23)10-21-13-7-5-12(6-8-13)17(18,19)20/h2-9,21H,10H2,1H3,(H,22,23). The molecule has 0 atom stereocenters. The third-order valence-corrected chi connectivity index (χ3v) is 3.23. The first-order valence-electron chi connectivity index (χ1n) is 7.19. The molecule has 0 saturated carbocycles. The molecule has 1 amide bonds. The second-order valence-corrected chi connectivity index (χ2v) is 5.05. The number of rotatable bonds is 5. The van der Waals surface area contributed by atoms with Crippen molar-refractivity contribution in [1.29, 1.82) is 0 Å². The molecular weight excluding hydrogens is 337 g/mol. The number of methoxy groups -OCH3 is 1. The molecule has 0 saturated heterocycles. The molecule has 0 aliphatic carbocycles. The fourth-order valence-electron chi connectivity index (χ4n) is 2.01. The van der Waals surface area contributed by atoms with Gasteiger partial charge in [-0.2, -0.15) is 13.2 Å². The summed E-state index contributed by atoms with van der Waals surface area (Å²) in [6.07, 6.45) is -4.40. The molecule has 0 spiro atoms. The van der Waals surface area contributed by atoms with E-state index in [1.165, 1.54) is 25.3 Å². The van der Waals surface area contributed by atoms with Crippen LogP contribution < -0.4 is 10.6 Å². The van der Waals surface area contributed by atoms with Crippen LogP contribution in [0.2, 0.25) is 0 Å². The fraction of sp³-hybridized carbons (Fsp3) is 0.176. The van der Waals surface area contributed by atoms with Crippen LogP contribution in [0, 0.1) is 0 Å². The van der Waals surface area contributed by atoms with E-state index in [0.29, 0.717) is 11.4 Å². The van der Waals surface area contributed by atoms with E-state index in [1.807, 2.05) is 0 Å². The zero-order valence-corrected chi connectivity index (χ0v) is 13.2. The number of hydrogen-bond donors (Lipinski definition) is 2. The van der Waals surface area contributed by atoms with Crippen molar-refractivity contribution >= 4 is 23.3 Å². The molecule has 0 fully saturated rings. The molecule has 0 aliphatic rings. The highest BCUT2D eigenvalue weighted by atomic mass is 19.4. The van der Waals surface area contributed by atoms with E-state index in [2.05, 4.69) is 15.4 Å². The number of benzene rings is 2. The molecule has 8 heteroatoms. The molecule has 0 heterocycles. The molecule has 25 heavy (non-hydrogen) atoms. The molecular formula is C17H15F3N2O3. The summed E-state index contributed by atoms with van der Waals surface area (Å²) >= 11 is 0. The van der Waals surface area contributed by atoms with E-state index in [0.717, 1.165) is 12.1 Å². The maximum atomic E-state index is 12.5. The van der Waals surface area contributed by atoms with Gasteiger partial charge in [0, 0.05) is 11.4 Å². The zero-order chi connectivity index (χ0) is 18.4. The number of nitrogens with one attached hydrogen (secondary N) is 2. The SMILES string of the molecule is COC(=O)c1cccc(NC(=O)CNc2ccc(C(F)(F)F)cc2)c1. The second-order valence-electron chi connectivity index (χ2n) is 5.05. The van der Waals surface area contributed by atoms with E-state index in [4.69, 9.17) is 0 Å². The highest BCUT2D eigenvalue weighted by molar-refractivity contribution is 5.96. The van der Waals surface area contributed by atoms with Gasteiger partial charge in [-0.25, -0.2) is 4.79 Å². The molecule has 0 radical (unpaired) electrons. The van der Waals surface area contributed by atoms with Crippen LogP contribution in [0.4, 0.5) is 24.5 Å². The molecule has 2 rings (SSSR count). The van der Waals surface area contributed by atoms with Crippen LogP contribution in [0.25, 0.3) is 0 Å². The van der Waals surface area contributed by atoms with Crippen molar-refractivity contribution in [1.82, 2.24) is 0 Å². The Hall–Kier alpha value is -3.03. The monoisotopic (exact) mass is 352 g/mol. The minimum atomic E-state index is -4.40. The van der Waals surface area contributed by atoms with Crippen LogP contribution in [-0.4, -0.2) is 25.5 Å². The highest BCUT2D eigenvalue weighted by Crippen LogP contribution is 2.29. The molecule has 2 N–H and O–H groups in total. The molecule has 0 aliphatic heterocycles. The number of carbonyl (C=O) groups excluding carboxylic acids is 2. The number of esters is 1. The van der Waals surface area contributed by atoms with Crippen molar-refractivity contribution in [3.63, 3.8) is 0 Å². The predicted octanol–water partition coefficient (Wildman–Crippen LogP) is 3.54. The lowest BCUT2D eigenvalue weighted by molar-refractivity contribution is -0.137. The van der Waals surface area contributed by atoms with Gasteiger partial charge in [-0.15, -0.1) is 0 Å². The van der Waals surface area contributed by atoms with Gasteiger partial charge in [0.2, 0.25) is 5.91 Å². The van der Waals surface area contributed by atoms with Gasteiger partial charge < -0.3 is 15.4 Å². The van der Waals surface area contributed by atoms with Crippen LogP contribution in [0.3, 0.4) is 0 Å². The van der Waals surface area contributed by atoms with Gasteiger partial charge in [0.15, 0.2) is 0 Å². The first kappa shape index (κ1) is 18.3. The quantitative estimate of drug-likeness (QED) is 0.808. The van der Waals surface area contributed by atoms with Gasteiger partial charge in [-0.1, -0.05) is 6.07 Å². The summed E-state index contributed by atoms with van der Waals surface area (Å²) in [5.74, 6) is -0.944. The molecule has 132 valence electrons. The van der Waals surface area contributed by atoms with Crippen molar-refractivity contribution in [3.8, 4) is 0 Å². The zero-order valence-electron chi connectivity index (χ0n) is 13.2. The van der Waals surface area contributed by atoms with E-state index in [1.54, 1.807) is 18.2 Å². The number of alkyl halides is 3. The topological polar surface area (TPSA) is 67.4 Å². The minimum Gasteiger partial charge on any atom is -0.465 e. The van der Waals surface area contributed by atoms with Crippen molar-refractivity contribution < 1.29 is 27.5 Å².